The number of benzene rings is 2. The Hall–Kier alpha value is -2.35. The van der Waals surface area contributed by atoms with Gasteiger partial charge in [-0.25, -0.2) is 4.79 Å². The van der Waals surface area contributed by atoms with Gasteiger partial charge in [0.2, 0.25) is 0 Å². The number of carbonyl (C=O) groups excluding carboxylic acids is 2. The minimum absolute atomic E-state index is 0.0586. The van der Waals surface area contributed by atoms with Gasteiger partial charge >= 0.3 is 5.97 Å². The molecule has 0 fully saturated rings. The third-order valence-corrected chi connectivity index (χ3v) is 5.22. The Balaban J connectivity index is 2.00. The first-order valence-electron chi connectivity index (χ1n) is 9.72. The third kappa shape index (κ3) is 7.16. The van der Waals surface area contributed by atoms with Gasteiger partial charge in [-0.2, -0.15) is 11.8 Å². The molecule has 2 rings (SSSR count). The SMILES string of the molecule is COC(C(=O)N[C@@H](CCSC)COC(=O)C(OC)c1ccccc1)c1ccccc1. The minimum atomic E-state index is -0.806. The molecule has 0 spiro atoms. The van der Waals surface area contributed by atoms with Gasteiger partial charge in [0.1, 0.15) is 6.61 Å². The molecule has 2 aromatic rings. The van der Waals surface area contributed by atoms with Crippen molar-refractivity contribution >= 4 is 23.6 Å². The van der Waals surface area contributed by atoms with Crippen molar-refractivity contribution in [1.82, 2.24) is 5.32 Å². The van der Waals surface area contributed by atoms with Crippen LogP contribution in [0.5, 0.6) is 0 Å². The van der Waals surface area contributed by atoms with Crippen LogP contribution in [0.4, 0.5) is 0 Å². The van der Waals surface area contributed by atoms with E-state index in [-0.39, 0.29) is 18.6 Å². The highest BCUT2D eigenvalue weighted by molar-refractivity contribution is 7.98. The predicted molar refractivity (Wildman–Crippen MR) is 118 cm³/mol. The van der Waals surface area contributed by atoms with E-state index < -0.39 is 18.2 Å². The van der Waals surface area contributed by atoms with E-state index in [1.807, 2.05) is 66.9 Å². The zero-order valence-electron chi connectivity index (χ0n) is 17.6. The molecule has 0 aliphatic heterocycles. The molecule has 30 heavy (non-hydrogen) atoms. The van der Waals surface area contributed by atoms with Crippen molar-refractivity contribution in [3.8, 4) is 0 Å². The first-order chi connectivity index (χ1) is 14.6. The number of hydrogen-bond acceptors (Lipinski definition) is 6. The quantitative estimate of drug-likeness (QED) is 0.518. The molecular weight excluding hydrogens is 402 g/mol. The molecule has 0 heterocycles. The number of thioether (sulfide) groups is 1. The van der Waals surface area contributed by atoms with Crippen LogP contribution in [0, 0.1) is 0 Å². The van der Waals surface area contributed by atoms with Crippen LogP contribution in [0.15, 0.2) is 60.7 Å². The van der Waals surface area contributed by atoms with Crippen molar-refractivity contribution in [3.63, 3.8) is 0 Å². The van der Waals surface area contributed by atoms with Crippen molar-refractivity contribution in [3.05, 3.63) is 71.8 Å². The lowest BCUT2D eigenvalue weighted by atomic mass is 10.1. The lowest BCUT2D eigenvalue weighted by Crippen LogP contribution is -2.42. The number of methoxy groups -OCH3 is 2. The van der Waals surface area contributed by atoms with Gasteiger partial charge in [0.25, 0.3) is 5.91 Å². The van der Waals surface area contributed by atoms with Crippen LogP contribution in [0.3, 0.4) is 0 Å². The first-order valence-corrected chi connectivity index (χ1v) is 11.1. The Morgan fingerprint density at radius 1 is 0.900 bits per heavy atom. The van der Waals surface area contributed by atoms with Crippen LogP contribution in [0.2, 0.25) is 0 Å². The summed E-state index contributed by atoms with van der Waals surface area (Å²) in [6.45, 7) is 0.0586. The number of rotatable bonds is 12. The molecule has 0 aromatic heterocycles. The Kier molecular flexibility index (Phi) is 10.4. The van der Waals surface area contributed by atoms with Crippen molar-refractivity contribution < 1.29 is 23.8 Å². The summed E-state index contributed by atoms with van der Waals surface area (Å²) in [5.41, 5.74) is 1.49. The maximum atomic E-state index is 12.8. The predicted octanol–water partition coefficient (Wildman–Crippen LogP) is 3.54. The van der Waals surface area contributed by atoms with Crippen molar-refractivity contribution in [1.29, 1.82) is 0 Å². The van der Waals surface area contributed by atoms with E-state index in [0.717, 1.165) is 16.9 Å². The fourth-order valence-corrected chi connectivity index (χ4v) is 3.53. The largest absolute Gasteiger partial charge is 0.461 e. The number of ether oxygens (including phenoxy) is 3. The molecule has 0 saturated heterocycles. The summed E-state index contributed by atoms with van der Waals surface area (Å²) in [5.74, 6) is 0.0633. The third-order valence-electron chi connectivity index (χ3n) is 4.57. The monoisotopic (exact) mass is 431 g/mol. The number of hydrogen-bond donors (Lipinski definition) is 1. The van der Waals surface area contributed by atoms with Crippen LogP contribution in [-0.2, 0) is 23.8 Å². The normalized spacial score (nSPS) is 13.8. The highest BCUT2D eigenvalue weighted by Gasteiger charge is 2.26. The summed E-state index contributed by atoms with van der Waals surface area (Å²) in [6.07, 6.45) is 1.12. The van der Waals surface area contributed by atoms with E-state index in [1.165, 1.54) is 14.2 Å². The fourth-order valence-electron chi connectivity index (χ4n) is 3.01. The molecule has 0 bridgehead atoms. The topological polar surface area (TPSA) is 73.9 Å². The number of nitrogens with one attached hydrogen (secondary N) is 1. The zero-order valence-corrected chi connectivity index (χ0v) is 18.4. The summed E-state index contributed by atoms with van der Waals surface area (Å²) < 4.78 is 16.2. The summed E-state index contributed by atoms with van der Waals surface area (Å²) in [7, 11) is 2.96. The van der Waals surface area contributed by atoms with Gasteiger partial charge in [-0.1, -0.05) is 60.7 Å². The molecule has 7 heteroatoms. The molecule has 6 nitrogen and oxygen atoms in total. The molecule has 0 radical (unpaired) electrons. The highest BCUT2D eigenvalue weighted by Crippen LogP contribution is 2.19. The molecule has 1 N–H and O–H groups in total. The second-order valence-corrected chi connectivity index (χ2v) is 7.66. The lowest BCUT2D eigenvalue weighted by Gasteiger charge is -2.23. The molecule has 0 aliphatic carbocycles. The van der Waals surface area contributed by atoms with Crippen LogP contribution in [0.25, 0.3) is 0 Å². The van der Waals surface area contributed by atoms with E-state index in [1.54, 1.807) is 11.8 Å². The van der Waals surface area contributed by atoms with E-state index >= 15 is 0 Å². The Morgan fingerprint density at radius 3 is 1.93 bits per heavy atom. The molecule has 0 aliphatic rings. The van der Waals surface area contributed by atoms with E-state index in [2.05, 4.69) is 5.32 Å². The van der Waals surface area contributed by atoms with Gasteiger partial charge in [0.15, 0.2) is 12.2 Å². The zero-order chi connectivity index (χ0) is 21.8. The standard InChI is InChI=1S/C23H29NO5S/c1-27-20(17-10-6-4-7-11-17)22(25)24-19(14-15-30-3)16-29-23(26)21(28-2)18-12-8-5-9-13-18/h4-13,19-21H,14-16H2,1-3H3,(H,24,25)/t19-,20?,21?/m0/s1. The second kappa shape index (κ2) is 13.1. The van der Waals surface area contributed by atoms with Gasteiger partial charge in [0.05, 0.1) is 6.04 Å². The molecule has 1 amide bonds. The average Bonchev–Trinajstić information content (AvgIpc) is 2.78. The Labute approximate surface area is 182 Å². The van der Waals surface area contributed by atoms with Gasteiger partial charge in [0, 0.05) is 14.2 Å². The molecule has 162 valence electrons. The Bertz CT molecular complexity index is 772. The van der Waals surface area contributed by atoms with Crippen LogP contribution < -0.4 is 5.32 Å². The van der Waals surface area contributed by atoms with E-state index in [9.17, 15) is 9.59 Å². The van der Waals surface area contributed by atoms with Gasteiger partial charge < -0.3 is 19.5 Å². The van der Waals surface area contributed by atoms with Gasteiger partial charge in [-0.3, -0.25) is 4.79 Å². The molecule has 2 unspecified atom stereocenters. The lowest BCUT2D eigenvalue weighted by molar-refractivity contribution is -0.157. The fraction of sp³-hybridized carbons (Fsp3) is 0.391. The van der Waals surface area contributed by atoms with Crippen molar-refractivity contribution in [2.24, 2.45) is 0 Å². The van der Waals surface area contributed by atoms with E-state index in [0.29, 0.717) is 6.42 Å². The smallest absolute Gasteiger partial charge is 0.339 e. The van der Waals surface area contributed by atoms with Crippen LogP contribution >= 0.6 is 11.8 Å². The molecular formula is C23H29NO5S. The summed E-state index contributed by atoms with van der Waals surface area (Å²) in [6, 6.07) is 18.1. The summed E-state index contributed by atoms with van der Waals surface area (Å²) >= 11 is 1.66. The summed E-state index contributed by atoms with van der Waals surface area (Å²) in [5, 5.41) is 2.96. The molecule has 3 atom stereocenters. The minimum Gasteiger partial charge on any atom is -0.461 e. The second-order valence-electron chi connectivity index (χ2n) is 6.67. The average molecular weight is 432 g/mol. The molecule has 0 saturated carbocycles. The summed E-state index contributed by atoms with van der Waals surface area (Å²) in [4.78, 5) is 25.4. The number of esters is 1. The Morgan fingerprint density at radius 2 is 1.43 bits per heavy atom. The van der Waals surface area contributed by atoms with Crippen LogP contribution in [-0.4, -0.2) is 50.8 Å². The van der Waals surface area contributed by atoms with Gasteiger partial charge in [-0.15, -0.1) is 0 Å². The number of amides is 1. The van der Waals surface area contributed by atoms with Crippen molar-refractivity contribution in [2.75, 3.05) is 32.8 Å². The maximum absolute atomic E-state index is 12.8. The van der Waals surface area contributed by atoms with Crippen molar-refractivity contribution in [2.45, 2.75) is 24.7 Å². The van der Waals surface area contributed by atoms with Gasteiger partial charge in [-0.05, 0) is 29.6 Å². The number of carbonyl (C=O) groups is 2. The highest BCUT2D eigenvalue weighted by atomic mass is 32.2. The molecule has 2 aromatic carbocycles. The maximum Gasteiger partial charge on any atom is 0.339 e. The van der Waals surface area contributed by atoms with Crippen LogP contribution in [0.1, 0.15) is 29.8 Å². The first kappa shape index (κ1) is 23.9. The van der Waals surface area contributed by atoms with E-state index in [4.69, 9.17) is 14.2 Å².